The van der Waals surface area contributed by atoms with Crippen molar-refractivity contribution < 1.29 is 13.9 Å². The molecule has 0 unspecified atom stereocenters. The molecule has 92 valence electrons. The van der Waals surface area contributed by atoms with Crippen LogP contribution in [-0.2, 0) is 16.1 Å². The first-order valence-corrected chi connectivity index (χ1v) is 5.85. The number of carbonyl (C=O) groups is 1. The smallest absolute Gasteiger partial charge is 0.223 e. The number of hydrogen-bond donors (Lipinski definition) is 1. The summed E-state index contributed by atoms with van der Waals surface area (Å²) in [5.74, 6) is -0.133. The Bertz CT molecular complexity index is 372. The van der Waals surface area contributed by atoms with E-state index >= 15 is 0 Å². The summed E-state index contributed by atoms with van der Waals surface area (Å²) < 4.78 is 17.9. The molecule has 0 aromatic heterocycles. The molecule has 0 bridgehead atoms. The second-order valence-electron chi connectivity index (χ2n) is 4.23. The predicted molar refractivity (Wildman–Crippen MR) is 61.8 cm³/mol. The molecule has 3 nitrogen and oxygen atoms in total. The summed E-state index contributed by atoms with van der Waals surface area (Å²) >= 11 is 0. The van der Waals surface area contributed by atoms with Crippen molar-refractivity contribution in [2.24, 2.45) is 5.92 Å². The van der Waals surface area contributed by atoms with Crippen LogP contribution in [0.4, 0.5) is 4.39 Å². The number of rotatable bonds is 3. The number of ether oxygens (including phenoxy) is 1. The van der Waals surface area contributed by atoms with E-state index in [1.165, 1.54) is 12.1 Å². The largest absolute Gasteiger partial charge is 0.381 e. The molecule has 1 aromatic rings. The van der Waals surface area contributed by atoms with E-state index in [0.29, 0.717) is 19.8 Å². The van der Waals surface area contributed by atoms with Crippen molar-refractivity contribution in [2.45, 2.75) is 19.4 Å². The molecule has 1 aliphatic heterocycles. The van der Waals surface area contributed by atoms with Crippen molar-refractivity contribution in [3.05, 3.63) is 35.6 Å². The van der Waals surface area contributed by atoms with Crippen LogP contribution in [0, 0.1) is 11.7 Å². The van der Waals surface area contributed by atoms with Gasteiger partial charge in [0.2, 0.25) is 5.91 Å². The summed E-state index contributed by atoms with van der Waals surface area (Å²) in [5.41, 5.74) is 0.909. The Morgan fingerprint density at radius 2 is 1.94 bits per heavy atom. The van der Waals surface area contributed by atoms with Crippen LogP contribution in [-0.4, -0.2) is 19.1 Å². The van der Waals surface area contributed by atoms with Crippen LogP contribution in [0.25, 0.3) is 0 Å². The van der Waals surface area contributed by atoms with Gasteiger partial charge in [-0.05, 0) is 30.5 Å². The van der Waals surface area contributed by atoms with Crippen molar-refractivity contribution >= 4 is 5.91 Å². The molecule has 4 heteroatoms. The monoisotopic (exact) mass is 237 g/mol. The van der Waals surface area contributed by atoms with E-state index in [1.807, 2.05) is 0 Å². The summed E-state index contributed by atoms with van der Waals surface area (Å²) in [5, 5.41) is 2.87. The summed E-state index contributed by atoms with van der Waals surface area (Å²) in [6, 6.07) is 6.16. The highest BCUT2D eigenvalue weighted by atomic mass is 19.1. The number of carbonyl (C=O) groups excluding carboxylic acids is 1. The zero-order valence-corrected chi connectivity index (χ0v) is 9.62. The molecule has 0 radical (unpaired) electrons. The molecule has 2 rings (SSSR count). The molecular weight excluding hydrogens is 221 g/mol. The van der Waals surface area contributed by atoms with Gasteiger partial charge in [-0.3, -0.25) is 4.79 Å². The van der Waals surface area contributed by atoms with Crippen LogP contribution >= 0.6 is 0 Å². The molecule has 1 heterocycles. The van der Waals surface area contributed by atoms with E-state index in [9.17, 15) is 9.18 Å². The van der Waals surface area contributed by atoms with E-state index in [2.05, 4.69) is 5.32 Å². The average Bonchev–Trinajstić information content (AvgIpc) is 2.39. The normalized spacial score (nSPS) is 16.8. The highest BCUT2D eigenvalue weighted by Gasteiger charge is 2.20. The van der Waals surface area contributed by atoms with Gasteiger partial charge < -0.3 is 10.1 Å². The fourth-order valence-corrected chi connectivity index (χ4v) is 1.90. The molecule has 0 saturated carbocycles. The Hall–Kier alpha value is -1.42. The lowest BCUT2D eigenvalue weighted by molar-refractivity contribution is -0.128. The fourth-order valence-electron chi connectivity index (χ4n) is 1.90. The van der Waals surface area contributed by atoms with E-state index < -0.39 is 0 Å². The van der Waals surface area contributed by atoms with Gasteiger partial charge in [0.1, 0.15) is 5.82 Å². The van der Waals surface area contributed by atoms with Crippen LogP contribution in [0.3, 0.4) is 0 Å². The van der Waals surface area contributed by atoms with Crippen LogP contribution in [0.5, 0.6) is 0 Å². The molecule has 0 spiro atoms. The van der Waals surface area contributed by atoms with Crippen LogP contribution in [0.15, 0.2) is 24.3 Å². The van der Waals surface area contributed by atoms with E-state index in [4.69, 9.17) is 4.74 Å². The highest BCUT2D eigenvalue weighted by Crippen LogP contribution is 2.14. The number of hydrogen-bond acceptors (Lipinski definition) is 2. The SMILES string of the molecule is O=C(NCc1ccc(F)cc1)C1CCOCC1. The van der Waals surface area contributed by atoms with Crippen molar-refractivity contribution in [3.63, 3.8) is 0 Å². The van der Waals surface area contributed by atoms with Gasteiger partial charge in [-0.25, -0.2) is 4.39 Å². The third kappa shape index (κ3) is 3.53. The molecule has 0 atom stereocenters. The van der Waals surface area contributed by atoms with Crippen molar-refractivity contribution in [3.8, 4) is 0 Å². The third-order valence-electron chi connectivity index (χ3n) is 2.97. The number of amides is 1. The second-order valence-corrected chi connectivity index (χ2v) is 4.23. The molecule has 17 heavy (non-hydrogen) atoms. The maximum atomic E-state index is 12.7. The maximum absolute atomic E-state index is 12.7. The van der Waals surface area contributed by atoms with Gasteiger partial charge in [0, 0.05) is 25.7 Å². The summed E-state index contributed by atoms with van der Waals surface area (Å²) in [7, 11) is 0. The fraction of sp³-hybridized carbons (Fsp3) is 0.462. The summed E-state index contributed by atoms with van der Waals surface area (Å²) in [6.45, 7) is 1.78. The standard InChI is InChI=1S/C13H16FNO2/c14-12-3-1-10(2-4-12)9-15-13(16)11-5-7-17-8-6-11/h1-4,11H,5-9H2,(H,15,16). The Morgan fingerprint density at radius 3 is 2.59 bits per heavy atom. The third-order valence-corrected chi connectivity index (χ3v) is 2.97. The predicted octanol–water partition coefficient (Wildman–Crippen LogP) is 1.87. The minimum atomic E-state index is -0.260. The van der Waals surface area contributed by atoms with Gasteiger partial charge >= 0.3 is 0 Å². The first kappa shape index (κ1) is 12.0. The summed E-state index contributed by atoms with van der Waals surface area (Å²) in [6.07, 6.45) is 1.57. The highest BCUT2D eigenvalue weighted by molar-refractivity contribution is 5.78. The molecule has 1 N–H and O–H groups in total. The topological polar surface area (TPSA) is 38.3 Å². The quantitative estimate of drug-likeness (QED) is 0.871. The first-order valence-electron chi connectivity index (χ1n) is 5.85. The zero-order chi connectivity index (χ0) is 12.1. The van der Waals surface area contributed by atoms with Crippen LogP contribution in [0.2, 0.25) is 0 Å². The van der Waals surface area contributed by atoms with Crippen LogP contribution in [0.1, 0.15) is 18.4 Å². The molecule has 1 amide bonds. The van der Waals surface area contributed by atoms with E-state index in [1.54, 1.807) is 12.1 Å². The molecule has 1 aliphatic rings. The van der Waals surface area contributed by atoms with Gasteiger partial charge in [0.05, 0.1) is 0 Å². The Kier molecular flexibility index (Phi) is 4.09. The van der Waals surface area contributed by atoms with Gasteiger partial charge in [0.25, 0.3) is 0 Å². The second kappa shape index (κ2) is 5.77. The number of nitrogens with one attached hydrogen (secondary N) is 1. The summed E-state index contributed by atoms with van der Waals surface area (Å²) in [4.78, 5) is 11.8. The molecule has 1 aromatic carbocycles. The minimum Gasteiger partial charge on any atom is -0.381 e. The van der Waals surface area contributed by atoms with Gasteiger partial charge in [-0.1, -0.05) is 12.1 Å². The van der Waals surface area contributed by atoms with Gasteiger partial charge in [0.15, 0.2) is 0 Å². The molecular formula is C13H16FNO2. The molecule has 1 fully saturated rings. The van der Waals surface area contributed by atoms with Gasteiger partial charge in [-0.15, -0.1) is 0 Å². The Labute approximate surface area is 100.0 Å². The number of benzene rings is 1. The van der Waals surface area contributed by atoms with Crippen molar-refractivity contribution in [1.82, 2.24) is 5.32 Å². The lowest BCUT2D eigenvalue weighted by atomic mass is 9.99. The average molecular weight is 237 g/mol. The lowest BCUT2D eigenvalue weighted by Crippen LogP contribution is -2.33. The Morgan fingerprint density at radius 1 is 1.29 bits per heavy atom. The van der Waals surface area contributed by atoms with Crippen molar-refractivity contribution in [1.29, 1.82) is 0 Å². The minimum absolute atomic E-state index is 0.0594. The van der Waals surface area contributed by atoms with Crippen molar-refractivity contribution in [2.75, 3.05) is 13.2 Å². The van der Waals surface area contributed by atoms with Crippen LogP contribution < -0.4 is 5.32 Å². The molecule has 1 saturated heterocycles. The maximum Gasteiger partial charge on any atom is 0.223 e. The number of halogens is 1. The lowest BCUT2D eigenvalue weighted by Gasteiger charge is -2.21. The van der Waals surface area contributed by atoms with Gasteiger partial charge in [-0.2, -0.15) is 0 Å². The molecule has 0 aliphatic carbocycles. The first-order chi connectivity index (χ1) is 8.25. The zero-order valence-electron chi connectivity index (χ0n) is 9.62. The van der Waals surface area contributed by atoms with E-state index in [0.717, 1.165) is 18.4 Å². The van der Waals surface area contributed by atoms with E-state index in [-0.39, 0.29) is 17.6 Å². The Balaban J connectivity index is 1.81.